The quantitative estimate of drug-likeness (QED) is 0.606. The van der Waals surface area contributed by atoms with Crippen LogP contribution in [0.1, 0.15) is 12.8 Å². The molecule has 0 radical (unpaired) electrons. The van der Waals surface area contributed by atoms with Crippen LogP contribution in [-0.2, 0) is 0 Å². The minimum atomic E-state index is -1.42. The Balaban J connectivity index is 2.35. The fraction of sp³-hybridized carbons (Fsp3) is 1.00. The molecule has 2 heteroatoms. The molecule has 1 rings (SSSR count). The summed E-state index contributed by atoms with van der Waals surface area (Å²) in [6.45, 7) is 2.70. The topological polar surface area (TPSA) is 3.24 Å². The van der Waals surface area contributed by atoms with E-state index in [1.54, 1.807) is 8.87 Å². The molecule has 66 valence electrons. The van der Waals surface area contributed by atoms with Crippen molar-refractivity contribution < 1.29 is 0 Å². The SMILES string of the molecule is CN1CC[CH2][Sn]([CH3])([CH3])[CH2]CC1. The van der Waals surface area contributed by atoms with Crippen LogP contribution in [0.3, 0.4) is 0 Å². The maximum absolute atomic E-state index is 2.61. The molecule has 1 aliphatic heterocycles. The van der Waals surface area contributed by atoms with Gasteiger partial charge in [-0.3, -0.25) is 0 Å². The summed E-state index contributed by atoms with van der Waals surface area (Å²) < 4.78 is 3.22. The molecular formula is C9H21NSn. The van der Waals surface area contributed by atoms with Crippen molar-refractivity contribution in [3.8, 4) is 0 Å². The van der Waals surface area contributed by atoms with Gasteiger partial charge in [-0.2, -0.15) is 0 Å². The summed E-state index contributed by atoms with van der Waals surface area (Å²) in [5.41, 5.74) is 0. The third-order valence-electron chi connectivity index (χ3n) is 2.79. The Hall–Kier alpha value is 0.759. The van der Waals surface area contributed by atoms with E-state index in [1.807, 2.05) is 0 Å². The Labute approximate surface area is 75.0 Å². The van der Waals surface area contributed by atoms with E-state index >= 15 is 0 Å². The summed E-state index contributed by atoms with van der Waals surface area (Å²) in [6, 6.07) is 0. The van der Waals surface area contributed by atoms with Crippen LogP contribution in [-0.4, -0.2) is 43.4 Å². The van der Waals surface area contributed by atoms with Gasteiger partial charge in [-0.25, -0.2) is 0 Å². The van der Waals surface area contributed by atoms with E-state index < -0.39 is 18.4 Å². The molecule has 1 fully saturated rings. The molecule has 0 bridgehead atoms. The number of nitrogens with zero attached hydrogens (tertiary/aromatic N) is 1. The predicted octanol–water partition coefficient (Wildman–Crippen LogP) is 2.42. The van der Waals surface area contributed by atoms with Crippen LogP contribution >= 0.6 is 0 Å². The monoisotopic (exact) mass is 263 g/mol. The van der Waals surface area contributed by atoms with Gasteiger partial charge in [-0.05, 0) is 0 Å². The second-order valence-electron chi connectivity index (χ2n) is 4.67. The predicted molar refractivity (Wildman–Crippen MR) is 53.8 cm³/mol. The van der Waals surface area contributed by atoms with Crippen molar-refractivity contribution in [1.29, 1.82) is 0 Å². The van der Waals surface area contributed by atoms with Crippen LogP contribution in [0.4, 0.5) is 0 Å². The van der Waals surface area contributed by atoms with E-state index in [1.165, 1.54) is 25.9 Å². The fourth-order valence-electron chi connectivity index (χ4n) is 1.89. The van der Waals surface area contributed by atoms with E-state index in [4.69, 9.17) is 0 Å². The molecular weight excluding hydrogens is 241 g/mol. The summed E-state index contributed by atoms with van der Waals surface area (Å²) in [7, 11) is 2.26. The van der Waals surface area contributed by atoms with Crippen molar-refractivity contribution in [3.05, 3.63) is 0 Å². The molecule has 0 spiro atoms. The molecule has 0 atom stereocenters. The number of hydrogen-bond acceptors (Lipinski definition) is 1. The van der Waals surface area contributed by atoms with Gasteiger partial charge in [0, 0.05) is 0 Å². The van der Waals surface area contributed by atoms with Crippen molar-refractivity contribution in [2.75, 3.05) is 20.1 Å². The van der Waals surface area contributed by atoms with Gasteiger partial charge in [0.2, 0.25) is 0 Å². The minimum absolute atomic E-state index is 1.35. The average Bonchev–Trinajstić information content (AvgIpc) is 1.83. The third kappa shape index (κ3) is 3.79. The Morgan fingerprint density at radius 3 is 1.91 bits per heavy atom. The van der Waals surface area contributed by atoms with E-state index in [2.05, 4.69) is 21.8 Å². The summed E-state index contributed by atoms with van der Waals surface area (Å²) in [5, 5.41) is 0. The van der Waals surface area contributed by atoms with E-state index in [0.717, 1.165) is 0 Å². The van der Waals surface area contributed by atoms with Gasteiger partial charge in [0.25, 0.3) is 0 Å². The zero-order chi connectivity index (χ0) is 8.32. The second kappa shape index (κ2) is 4.13. The third-order valence-corrected chi connectivity index (χ3v) is 12.5. The first-order valence-electron chi connectivity index (χ1n) is 4.79. The molecule has 1 heterocycles. The van der Waals surface area contributed by atoms with Crippen LogP contribution in [0, 0.1) is 0 Å². The van der Waals surface area contributed by atoms with E-state index in [0.29, 0.717) is 0 Å². The van der Waals surface area contributed by atoms with Crippen molar-refractivity contribution in [1.82, 2.24) is 4.90 Å². The zero-order valence-electron chi connectivity index (χ0n) is 8.19. The van der Waals surface area contributed by atoms with Gasteiger partial charge in [0.1, 0.15) is 0 Å². The molecule has 1 nitrogen and oxygen atoms in total. The Bertz CT molecular complexity index is 111. The van der Waals surface area contributed by atoms with Gasteiger partial charge < -0.3 is 0 Å². The van der Waals surface area contributed by atoms with Crippen molar-refractivity contribution in [2.45, 2.75) is 31.6 Å². The molecule has 0 amide bonds. The van der Waals surface area contributed by atoms with Gasteiger partial charge >= 0.3 is 75.0 Å². The van der Waals surface area contributed by atoms with Gasteiger partial charge in [-0.1, -0.05) is 0 Å². The van der Waals surface area contributed by atoms with E-state index in [9.17, 15) is 0 Å². The van der Waals surface area contributed by atoms with Gasteiger partial charge in [0.15, 0.2) is 0 Å². The molecule has 1 saturated heterocycles. The van der Waals surface area contributed by atoms with Crippen LogP contribution in [0.2, 0.25) is 18.8 Å². The normalized spacial score (nSPS) is 27.5. The van der Waals surface area contributed by atoms with Crippen LogP contribution in [0.5, 0.6) is 0 Å². The fourth-order valence-corrected chi connectivity index (χ4v) is 8.97. The van der Waals surface area contributed by atoms with Crippen molar-refractivity contribution >= 4 is 18.4 Å². The molecule has 0 aromatic rings. The van der Waals surface area contributed by atoms with Crippen LogP contribution < -0.4 is 0 Å². The molecule has 1 aliphatic rings. The zero-order valence-corrected chi connectivity index (χ0v) is 11.0. The first-order chi connectivity index (χ1) is 5.10. The van der Waals surface area contributed by atoms with Crippen molar-refractivity contribution in [2.24, 2.45) is 0 Å². The standard InChI is InChI=1S/C7H15N.2CH3.Sn/c1-4-6-8(3)7-5-2;;;/h1-2,4-7H2,3H3;2*1H3;. The van der Waals surface area contributed by atoms with Crippen LogP contribution in [0.15, 0.2) is 0 Å². The first-order valence-corrected chi connectivity index (χ1v) is 14.5. The summed E-state index contributed by atoms with van der Waals surface area (Å²) in [5.74, 6) is 0. The summed E-state index contributed by atoms with van der Waals surface area (Å²) in [4.78, 5) is 7.71. The van der Waals surface area contributed by atoms with Gasteiger partial charge in [0.05, 0.1) is 0 Å². The first kappa shape index (κ1) is 9.84. The summed E-state index contributed by atoms with van der Waals surface area (Å²) >= 11 is -1.42. The van der Waals surface area contributed by atoms with E-state index in [-0.39, 0.29) is 0 Å². The van der Waals surface area contributed by atoms with Crippen molar-refractivity contribution in [3.63, 3.8) is 0 Å². The Morgan fingerprint density at radius 2 is 1.45 bits per heavy atom. The van der Waals surface area contributed by atoms with Crippen LogP contribution in [0.25, 0.3) is 0 Å². The summed E-state index contributed by atoms with van der Waals surface area (Å²) in [6.07, 6.45) is 2.94. The second-order valence-corrected chi connectivity index (χ2v) is 19.9. The average molecular weight is 262 g/mol. The molecule has 0 N–H and O–H groups in total. The maximum atomic E-state index is 2.61. The molecule has 11 heavy (non-hydrogen) atoms. The molecule has 0 unspecified atom stereocenters. The molecule has 0 saturated carbocycles. The molecule has 0 aromatic heterocycles. The Morgan fingerprint density at radius 1 is 1.00 bits per heavy atom. The number of rotatable bonds is 0. The molecule has 0 aliphatic carbocycles. The Kier molecular flexibility index (Phi) is 3.69. The van der Waals surface area contributed by atoms with Gasteiger partial charge in [-0.15, -0.1) is 0 Å². The number of hydrogen-bond donors (Lipinski definition) is 0. The molecule has 0 aromatic carbocycles.